The lowest BCUT2D eigenvalue weighted by atomic mass is 10.1. The molecule has 6 heteroatoms. The van der Waals surface area contributed by atoms with Gasteiger partial charge in [0.1, 0.15) is 0 Å². The normalized spacial score (nSPS) is 21.7. The molecule has 0 amide bonds. The zero-order chi connectivity index (χ0) is 13.9. The molecule has 2 rings (SSSR count). The van der Waals surface area contributed by atoms with Crippen LogP contribution in [-0.4, -0.2) is 35.7 Å². The van der Waals surface area contributed by atoms with Gasteiger partial charge in [-0.25, -0.2) is 0 Å². The summed E-state index contributed by atoms with van der Waals surface area (Å²) >= 11 is 0. The van der Waals surface area contributed by atoms with Crippen molar-refractivity contribution in [1.29, 1.82) is 0 Å². The van der Waals surface area contributed by atoms with Gasteiger partial charge in [-0.3, -0.25) is 9.59 Å². The molecule has 2 fully saturated rings. The minimum Gasteiger partial charge on any atom is -0.481 e. The lowest BCUT2D eigenvalue weighted by molar-refractivity contribution is -0.142. The number of hydrogen-bond donors (Lipinski definition) is 1. The van der Waals surface area contributed by atoms with Crippen molar-refractivity contribution in [1.82, 2.24) is 0 Å². The summed E-state index contributed by atoms with van der Waals surface area (Å²) in [5.74, 6) is 1.08. The molecule has 0 unspecified atom stereocenters. The van der Waals surface area contributed by atoms with Crippen LogP contribution < -0.4 is 0 Å². The number of carboxylic acids is 1. The van der Waals surface area contributed by atoms with E-state index in [1.807, 2.05) is 0 Å². The zero-order valence-electron chi connectivity index (χ0n) is 11.1. The van der Waals surface area contributed by atoms with Crippen LogP contribution in [-0.2, 0) is 14.3 Å². The van der Waals surface area contributed by atoms with Gasteiger partial charge in [-0.1, -0.05) is 21.6 Å². The first-order chi connectivity index (χ1) is 8.99. The highest BCUT2D eigenvalue weighted by Crippen LogP contribution is 2.56. The minimum atomic E-state index is -0.688. The van der Waals surface area contributed by atoms with Gasteiger partial charge in [-0.05, 0) is 36.5 Å². The largest absolute Gasteiger partial charge is 0.481 e. The molecule has 1 N–H and O–H groups in total. The van der Waals surface area contributed by atoms with E-state index in [0.717, 1.165) is 37.2 Å². The number of esters is 1. The van der Waals surface area contributed by atoms with Gasteiger partial charge < -0.3 is 9.84 Å². The second-order valence-electron chi connectivity index (χ2n) is 5.85. The molecule has 0 radical (unpaired) electrons. The van der Waals surface area contributed by atoms with Crippen LogP contribution in [0.15, 0.2) is 0 Å². The topological polar surface area (TPSA) is 63.6 Å². The molecule has 0 atom stereocenters. The van der Waals surface area contributed by atoms with Gasteiger partial charge in [0.25, 0.3) is 0 Å². The third kappa shape index (κ3) is 4.60. The highest BCUT2D eigenvalue weighted by Gasteiger charge is 2.46. The van der Waals surface area contributed by atoms with Gasteiger partial charge in [0.15, 0.2) is 0 Å². The van der Waals surface area contributed by atoms with E-state index in [-0.39, 0.29) is 16.8 Å². The molecule has 0 bridgehead atoms. The summed E-state index contributed by atoms with van der Waals surface area (Å²) in [6.07, 6.45) is 5.12. The standard InChI is InChI=1S/C13H20O4S2/c1-17-11(16)7-13(4-5-13)9-19-18-8-12(2-3-12)6-10(14)15/h2-9H2,1H3,(H,14,15). The minimum absolute atomic E-state index is 0.0581. The predicted molar refractivity (Wildman–Crippen MR) is 77.1 cm³/mol. The smallest absolute Gasteiger partial charge is 0.306 e. The Kier molecular flexibility index (Phi) is 4.71. The van der Waals surface area contributed by atoms with Gasteiger partial charge >= 0.3 is 11.9 Å². The van der Waals surface area contributed by atoms with Crippen LogP contribution in [0.3, 0.4) is 0 Å². The van der Waals surface area contributed by atoms with E-state index in [2.05, 4.69) is 0 Å². The average Bonchev–Trinajstić information content (AvgIpc) is 3.24. The van der Waals surface area contributed by atoms with Crippen LogP contribution in [0.5, 0.6) is 0 Å². The van der Waals surface area contributed by atoms with Gasteiger partial charge in [0.05, 0.1) is 20.0 Å². The Labute approximate surface area is 121 Å². The second-order valence-corrected chi connectivity index (χ2v) is 8.31. The van der Waals surface area contributed by atoms with E-state index in [0.29, 0.717) is 12.8 Å². The average molecular weight is 304 g/mol. The van der Waals surface area contributed by atoms with E-state index in [4.69, 9.17) is 9.84 Å². The highest BCUT2D eigenvalue weighted by atomic mass is 33.1. The molecule has 2 saturated carbocycles. The summed E-state index contributed by atoms with van der Waals surface area (Å²) in [6.45, 7) is 0. The Hall–Kier alpha value is -0.360. The highest BCUT2D eigenvalue weighted by molar-refractivity contribution is 8.76. The molecule has 19 heavy (non-hydrogen) atoms. The van der Waals surface area contributed by atoms with E-state index in [1.165, 1.54) is 7.11 Å². The first-order valence-corrected chi connectivity index (χ1v) is 9.01. The molecule has 0 aliphatic heterocycles. The first-order valence-electron chi connectivity index (χ1n) is 6.52. The van der Waals surface area contributed by atoms with E-state index < -0.39 is 5.97 Å². The summed E-state index contributed by atoms with van der Waals surface area (Å²) in [5.41, 5.74) is 0.219. The van der Waals surface area contributed by atoms with Crippen LogP contribution >= 0.6 is 21.6 Å². The third-order valence-electron chi connectivity index (χ3n) is 4.00. The van der Waals surface area contributed by atoms with Crippen molar-refractivity contribution in [3.8, 4) is 0 Å². The molecule has 0 heterocycles. The number of carbonyl (C=O) groups excluding carboxylic acids is 1. The molecular formula is C13H20O4S2. The zero-order valence-corrected chi connectivity index (χ0v) is 12.8. The Morgan fingerprint density at radius 1 is 1.05 bits per heavy atom. The molecule has 0 spiro atoms. The van der Waals surface area contributed by atoms with Gasteiger partial charge in [0, 0.05) is 11.5 Å². The fourth-order valence-corrected chi connectivity index (χ4v) is 5.58. The number of carbonyl (C=O) groups is 2. The van der Waals surface area contributed by atoms with Crippen LogP contribution in [0.25, 0.3) is 0 Å². The summed E-state index contributed by atoms with van der Waals surface area (Å²) in [4.78, 5) is 22.0. The molecule has 108 valence electrons. The van der Waals surface area contributed by atoms with Crippen molar-refractivity contribution in [3.05, 3.63) is 0 Å². The van der Waals surface area contributed by atoms with Crippen LogP contribution in [0.1, 0.15) is 38.5 Å². The molecule has 2 aliphatic carbocycles. The maximum atomic E-state index is 11.3. The summed E-state index contributed by atoms with van der Waals surface area (Å²) in [5, 5.41) is 8.84. The number of aliphatic carboxylic acids is 1. The Bertz CT molecular complexity index is 362. The maximum absolute atomic E-state index is 11.3. The number of hydrogen-bond acceptors (Lipinski definition) is 5. The van der Waals surface area contributed by atoms with Crippen molar-refractivity contribution in [2.45, 2.75) is 38.5 Å². The Balaban J connectivity index is 1.62. The van der Waals surface area contributed by atoms with Crippen LogP contribution in [0.4, 0.5) is 0 Å². The lowest BCUT2D eigenvalue weighted by Gasteiger charge is -2.14. The molecule has 0 aromatic heterocycles. The van der Waals surface area contributed by atoms with E-state index in [9.17, 15) is 9.59 Å². The lowest BCUT2D eigenvalue weighted by Crippen LogP contribution is -2.13. The van der Waals surface area contributed by atoms with Crippen molar-refractivity contribution in [3.63, 3.8) is 0 Å². The van der Waals surface area contributed by atoms with Crippen molar-refractivity contribution in [2.75, 3.05) is 18.6 Å². The van der Waals surface area contributed by atoms with Crippen molar-refractivity contribution in [2.24, 2.45) is 10.8 Å². The quantitative estimate of drug-likeness (QED) is 0.401. The second kappa shape index (κ2) is 5.95. The molecule has 0 saturated heterocycles. The van der Waals surface area contributed by atoms with E-state index >= 15 is 0 Å². The molecular weight excluding hydrogens is 284 g/mol. The monoisotopic (exact) mass is 304 g/mol. The van der Waals surface area contributed by atoms with Crippen LogP contribution in [0.2, 0.25) is 0 Å². The predicted octanol–water partition coefficient (Wildman–Crippen LogP) is 2.97. The first kappa shape index (κ1) is 15.0. The molecule has 2 aliphatic rings. The summed E-state index contributed by atoms with van der Waals surface area (Å²) < 4.78 is 4.72. The SMILES string of the molecule is COC(=O)CC1(CSSCC2(CC(=O)O)CC2)CC1. The van der Waals surface area contributed by atoms with Gasteiger partial charge in [0.2, 0.25) is 0 Å². The third-order valence-corrected chi connectivity index (χ3v) is 6.84. The summed E-state index contributed by atoms with van der Waals surface area (Å²) in [6, 6.07) is 0. The fraction of sp³-hybridized carbons (Fsp3) is 0.846. The molecule has 4 nitrogen and oxygen atoms in total. The van der Waals surface area contributed by atoms with Crippen molar-refractivity contribution >= 4 is 33.5 Å². The molecule has 0 aromatic carbocycles. The number of carboxylic acid groups (broad SMARTS) is 1. The molecule has 0 aromatic rings. The number of methoxy groups -OCH3 is 1. The van der Waals surface area contributed by atoms with Crippen LogP contribution in [0, 0.1) is 10.8 Å². The fourth-order valence-electron chi connectivity index (χ4n) is 2.13. The maximum Gasteiger partial charge on any atom is 0.306 e. The summed E-state index contributed by atoms with van der Waals surface area (Å²) in [7, 11) is 4.99. The van der Waals surface area contributed by atoms with Gasteiger partial charge in [-0.2, -0.15) is 0 Å². The van der Waals surface area contributed by atoms with E-state index in [1.54, 1.807) is 21.6 Å². The Morgan fingerprint density at radius 2 is 1.53 bits per heavy atom. The number of rotatable bonds is 9. The van der Waals surface area contributed by atoms with Gasteiger partial charge in [-0.15, -0.1) is 0 Å². The van der Waals surface area contributed by atoms with Crippen molar-refractivity contribution < 1.29 is 19.4 Å². The Morgan fingerprint density at radius 3 is 1.89 bits per heavy atom. The number of ether oxygens (including phenoxy) is 1.